The molecule has 0 saturated carbocycles. The lowest BCUT2D eigenvalue weighted by Crippen LogP contribution is -2.41. The number of aliphatic hydroxyl groups excluding tert-OH is 1. The molecule has 1 aromatic rings. The van der Waals surface area contributed by atoms with E-state index in [1.165, 1.54) is 19.2 Å². The van der Waals surface area contributed by atoms with Crippen LogP contribution in [0.15, 0.2) is 29.2 Å². The van der Waals surface area contributed by atoms with Crippen molar-refractivity contribution in [2.75, 3.05) is 13.7 Å². The number of rotatable bonds is 7. The standard InChI is InChI=1S/C14H21NO5S/c1-10(2)13(9-16)15-21(18,19)12-6-4-11(5-7-12)8-14(17)20-3/h4-7,10,13,15-16H,8-9H2,1-3H3. The van der Waals surface area contributed by atoms with E-state index >= 15 is 0 Å². The SMILES string of the molecule is COC(=O)Cc1ccc(S(=O)(=O)NC(CO)C(C)C)cc1. The topological polar surface area (TPSA) is 92.7 Å². The fourth-order valence-corrected chi connectivity index (χ4v) is 3.05. The van der Waals surface area contributed by atoms with Gasteiger partial charge in [0.25, 0.3) is 0 Å². The van der Waals surface area contributed by atoms with Crippen LogP contribution in [0.5, 0.6) is 0 Å². The summed E-state index contributed by atoms with van der Waals surface area (Å²) in [6, 6.07) is 5.44. The van der Waals surface area contributed by atoms with Crippen LogP contribution in [0.1, 0.15) is 19.4 Å². The molecule has 1 rings (SSSR count). The number of carbonyl (C=O) groups excluding carboxylic acids is 1. The van der Waals surface area contributed by atoms with Crippen molar-refractivity contribution in [1.29, 1.82) is 0 Å². The van der Waals surface area contributed by atoms with Crippen LogP contribution in [0.2, 0.25) is 0 Å². The maximum Gasteiger partial charge on any atom is 0.309 e. The summed E-state index contributed by atoms with van der Waals surface area (Å²) in [5.74, 6) is -0.410. The molecular formula is C14H21NO5S. The molecule has 1 unspecified atom stereocenters. The molecule has 0 aliphatic heterocycles. The number of hydrogen-bond acceptors (Lipinski definition) is 5. The van der Waals surface area contributed by atoms with Crippen LogP contribution >= 0.6 is 0 Å². The predicted octanol–water partition coefficient (Wildman–Crippen LogP) is 0.697. The molecule has 0 aliphatic carbocycles. The molecule has 0 heterocycles. The van der Waals surface area contributed by atoms with Gasteiger partial charge in [-0.2, -0.15) is 0 Å². The molecule has 0 spiro atoms. The van der Waals surface area contributed by atoms with Crippen LogP contribution in [0.25, 0.3) is 0 Å². The number of methoxy groups -OCH3 is 1. The minimum absolute atomic E-state index is 0.0247. The minimum atomic E-state index is -3.69. The highest BCUT2D eigenvalue weighted by Crippen LogP contribution is 2.13. The molecule has 6 nitrogen and oxygen atoms in total. The van der Waals surface area contributed by atoms with Crippen LogP contribution in [0.4, 0.5) is 0 Å². The molecule has 0 fully saturated rings. The van der Waals surface area contributed by atoms with Gasteiger partial charge in [0.15, 0.2) is 0 Å². The largest absolute Gasteiger partial charge is 0.469 e. The van der Waals surface area contributed by atoms with Gasteiger partial charge in [-0.1, -0.05) is 26.0 Å². The van der Waals surface area contributed by atoms with E-state index in [1.54, 1.807) is 12.1 Å². The van der Waals surface area contributed by atoms with Gasteiger partial charge in [0.2, 0.25) is 10.0 Å². The maximum atomic E-state index is 12.2. The van der Waals surface area contributed by atoms with Crippen LogP contribution in [0.3, 0.4) is 0 Å². The maximum absolute atomic E-state index is 12.2. The van der Waals surface area contributed by atoms with Crippen molar-refractivity contribution in [3.05, 3.63) is 29.8 Å². The molecular weight excluding hydrogens is 294 g/mol. The first kappa shape index (κ1) is 17.6. The second-order valence-corrected chi connectivity index (χ2v) is 6.77. The van der Waals surface area contributed by atoms with Gasteiger partial charge in [-0.25, -0.2) is 13.1 Å². The van der Waals surface area contributed by atoms with Gasteiger partial charge in [-0.15, -0.1) is 0 Å². The van der Waals surface area contributed by atoms with E-state index in [9.17, 15) is 18.3 Å². The summed E-state index contributed by atoms with van der Waals surface area (Å²) in [6.45, 7) is 3.38. The summed E-state index contributed by atoms with van der Waals surface area (Å²) in [5.41, 5.74) is 0.670. The quantitative estimate of drug-likeness (QED) is 0.723. The Balaban J connectivity index is 2.87. The first-order chi connectivity index (χ1) is 9.80. The van der Waals surface area contributed by atoms with Gasteiger partial charge in [0.05, 0.1) is 25.0 Å². The molecule has 7 heteroatoms. The number of benzene rings is 1. The van der Waals surface area contributed by atoms with Crippen LogP contribution < -0.4 is 4.72 Å². The molecule has 1 atom stereocenters. The second-order valence-electron chi connectivity index (χ2n) is 5.05. The normalized spacial score (nSPS) is 13.2. The Bertz CT molecular complexity index is 566. The van der Waals surface area contributed by atoms with E-state index in [2.05, 4.69) is 9.46 Å². The third-order valence-corrected chi connectivity index (χ3v) is 4.62. The van der Waals surface area contributed by atoms with E-state index in [1.807, 2.05) is 13.8 Å². The Labute approximate surface area is 125 Å². The molecule has 0 aromatic heterocycles. The van der Waals surface area contributed by atoms with E-state index in [4.69, 9.17) is 0 Å². The summed E-state index contributed by atoms with van der Waals surface area (Å²) in [6.07, 6.45) is 0.0928. The van der Waals surface area contributed by atoms with Crippen molar-refractivity contribution in [3.8, 4) is 0 Å². The van der Waals surface area contributed by atoms with Crippen molar-refractivity contribution >= 4 is 16.0 Å². The van der Waals surface area contributed by atoms with Gasteiger partial charge in [-0.05, 0) is 23.6 Å². The average Bonchev–Trinajstić information content (AvgIpc) is 2.45. The molecule has 0 aliphatic rings. The Morgan fingerprint density at radius 3 is 2.29 bits per heavy atom. The van der Waals surface area contributed by atoms with Gasteiger partial charge in [-0.3, -0.25) is 4.79 Å². The lowest BCUT2D eigenvalue weighted by Gasteiger charge is -2.19. The zero-order valence-corrected chi connectivity index (χ0v) is 13.2. The smallest absolute Gasteiger partial charge is 0.309 e. The summed E-state index contributed by atoms with van der Waals surface area (Å²) in [5, 5.41) is 9.20. The first-order valence-corrected chi connectivity index (χ1v) is 8.07. The number of aliphatic hydroxyl groups is 1. The monoisotopic (exact) mass is 315 g/mol. The van der Waals surface area contributed by atoms with Gasteiger partial charge >= 0.3 is 5.97 Å². The lowest BCUT2D eigenvalue weighted by molar-refractivity contribution is -0.139. The van der Waals surface area contributed by atoms with Crippen molar-refractivity contribution in [2.24, 2.45) is 5.92 Å². The van der Waals surface area contributed by atoms with Crippen molar-refractivity contribution in [1.82, 2.24) is 4.72 Å². The number of hydrogen-bond donors (Lipinski definition) is 2. The molecule has 1 aromatic carbocycles. The third-order valence-electron chi connectivity index (χ3n) is 3.12. The fraction of sp³-hybridized carbons (Fsp3) is 0.500. The third kappa shape index (κ3) is 5.11. The van der Waals surface area contributed by atoms with Crippen molar-refractivity contribution in [2.45, 2.75) is 31.2 Å². The van der Waals surface area contributed by atoms with Gasteiger partial charge in [0, 0.05) is 6.04 Å². The highest BCUT2D eigenvalue weighted by Gasteiger charge is 2.21. The minimum Gasteiger partial charge on any atom is -0.469 e. The number of carbonyl (C=O) groups is 1. The van der Waals surface area contributed by atoms with Crippen molar-refractivity contribution < 1.29 is 23.1 Å². The number of esters is 1. The van der Waals surface area contributed by atoms with Crippen LogP contribution in [-0.4, -0.2) is 39.3 Å². The van der Waals surface area contributed by atoms with Gasteiger partial charge in [0.1, 0.15) is 0 Å². The predicted molar refractivity (Wildman–Crippen MR) is 78.2 cm³/mol. The molecule has 21 heavy (non-hydrogen) atoms. The summed E-state index contributed by atoms with van der Waals surface area (Å²) in [7, 11) is -2.40. The zero-order valence-electron chi connectivity index (χ0n) is 12.4. The van der Waals surface area contributed by atoms with E-state index in [0.717, 1.165) is 0 Å². The number of ether oxygens (including phenoxy) is 1. The Hall–Kier alpha value is -1.44. The average molecular weight is 315 g/mol. The first-order valence-electron chi connectivity index (χ1n) is 6.59. The van der Waals surface area contributed by atoms with Gasteiger partial charge < -0.3 is 9.84 Å². The molecule has 0 amide bonds. The lowest BCUT2D eigenvalue weighted by atomic mass is 10.1. The summed E-state index contributed by atoms with van der Waals surface area (Å²) >= 11 is 0. The second kappa shape index (κ2) is 7.53. The summed E-state index contributed by atoms with van der Waals surface area (Å²) in [4.78, 5) is 11.2. The molecule has 0 bridgehead atoms. The van der Waals surface area contributed by atoms with Crippen molar-refractivity contribution in [3.63, 3.8) is 0 Å². The van der Waals surface area contributed by atoms with Crippen LogP contribution in [-0.2, 0) is 26.0 Å². The highest BCUT2D eigenvalue weighted by atomic mass is 32.2. The molecule has 0 radical (unpaired) electrons. The van der Waals surface area contributed by atoms with E-state index in [0.29, 0.717) is 5.56 Å². The Kier molecular flexibility index (Phi) is 6.32. The zero-order chi connectivity index (χ0) is 16.0. The summed E-state index contributed by atoms with van der Waals surface area (Å²) < 4.78 is 31.4. The highest BCUT2D eigenvalue weighted by molar-refractivity contribution is 7.89. The Morgan fingerprint density at radius 2 is 1.86 bits per heavy atom. The number of sulfonamides is 1. The molecule has 2 N–H and O–H groups in total. The van der Waals surface area contributed by atoms with E-state index in [-0.39, 0.29) is 29.8 Å². The Morgan fingerprint density at radius 1 is 1.29 bits per heavy atom. The van der Waals surface area contributed by atoms with E-state index < -0.39 is 16.1 Å². The number of nitrogens with one attached hydrogen (secondary N) is 1. The molecule has 118 valence electrons. The fourth-order valence-electron chi connectivity index (χ4n) is 1.68. The molecule has 0 saturated heterocycles. The van der Waals surface area contributed by atoms with Crippen LogP contribution in [0, 0.1) is 5.92 Å².